The van der Waals surface area contributed by atoms with E-state index >= 15 is 0 Å². The minimum Gasteiger partial charge on any atom is -0.337 e. The van der Waals surface area contributed by atoms with Gasteiger partial charge in [0.15, 0.2) is 5.13 Å². The highest BCUT2D eigenvalue weighted by molar-refractivity contribution is 9.10. The predicted octanol–water partition coefficient (Wildman–Crippen LogP) is 2.80. The van der Waals surface area contributed by atoms with E-state index in [1.165, 1.54) is 18.3 Å². The maximum absolute atomic E-state index is 13.0. The number of carbonyl (C=O) groups excluding carboxylic acids is 3. The van der Waals surface area contributed by atoms with Crippen LogP contribution in [0.1, 0.15) is 23.9 Å². The average molecular weight is 463 g/mol. The minimum atomic E-state index is -0.337. The van der Waals surface area contributed by atoms with Gasteiger partial charge in [0.1, 0.15) is 0 Å². The first-order valence-electron chi connectivity index (χ1n) is 9.01. The molecule has 3 heterocycles. The number of aromatic nitrogens is 1. The summed E-state index contributed by atoms with van der Waals surface area (Å²) in [7, 11) is 0. The van der Waals surface area contributed by atoms with Gasteiger partial charge in [-0.25, -0.2) is 4.98 Å². The molecule has 9 heteroatoms. The zero-order chi connectivity index (χ0) is 19.8. The summed E-state index contributed by atoms with van der Waals surface area (Å²) in [6, 6.07) is 7.55. The average Bonchev–Trinajstić information content (AvgIpc) is 3.22. The number of hydrogen-bond acceptors (Lipinski definition) is 5. The molecule has 2 aliphatic heterocycles. The largest absolute Gasteiger partial charge is 0.337 e. The number of carbonyl (C=O) groups is 3. The van der Waals surface area contributed by atoms with E-state index in [0.29, 0.717) is 31.2 Å². The summed E-state index contributed by atoms with van der Waals surface area (Å²) in [6.07, 6.45) is 0.891. The van der Waals surface area contributed by atoms with Crippen molar-refractivity contribution in [2.45, 2.75) is 26.3 Å². The number of hydrogen-bond donors (Lipinski definition) is 1. The van der Waals surface area contributed by atoms with Crippen molar-refractivity contribution in [3.63, 3.8) is 0 Å². The van der Waals surface area contributed by atoms with Gasteiger partial charge < -0.3 is 15.1 Å². The molecule has 1 N–H and O–H groups in total. The van der Waals surface area contributed by atoms with Crippen LogP contribution < -0.4 is 10.2 Å². The Hall–Kier alpha value is -2.26. The van der Waals surface area contributed by atoms with Crippen molar-refractivity contribution < 1.29 is 14.4 Å². The monoisotopic (exact) mass is 462 g/mol. The van der Waals surface area contributed by atoms with Gasteiger partial charge in [-0.2, -0.15) is 0 Å². The number of nitrogens with zero attached hydrogens (tertiary/aromatic N) is 3. The van der Waals surface area contributed by atoms with E-state index in [2.05, 4.69) is 26.2 Å². The maximum Gasteiger partial charge on any atom is 0.228 e. The number of anilines is 2. The highest BCUT2D eigenvalue weighted by atomic mass is 79.9. The van der Waals surface area contributed by atoms with E-state index in [0.717, 1.165) is 20.7 Å². The van der Waals surface area contributed by atoms with Gasteiger partial charge in [-0.15, -0.1) is 0 Å². The highest BCUT2D eigenvalue weighted by Gasteiger charge is 2.38. The Balaban J connectivity index is 1.45. The van der Waals surface area contributed by atoms with Crippen molar-refractivity contribution in [2.24, 2.45) is 5.92 Å². The fourth-order valence-corrected chi connectivity index (χ4v) is 5.07. The summed E-state index contributed by atoms with van der Waals surface area (Å²) in [4.78, 5) is 45.7. The molecule has 0 aliphatic carbocycles. The minimum absolute atomic E-state index is 0.00553. The molecule has 0 spiro atoms. The van der Waals surface area contributed by atoms with E-state index in [1.807, 2.05) is 24.3 Å². The third kappa shape index (κ3) is 3.81. The van der Waals surface area contributed by atoms with Crippen LogP contribution >= 0.6 is 27.3 Å². The molecule has 4 rings (SSSR count). The fraction of sp³-hybridized carbons (Fsp3) is 0.368. The van der Waals surface area contributed by atoms with Crippen molar-refractivity contribution in [3.05, 3.63) is 39.3 Å². The van der Waals surface area contributed by atoms with Crippen molar-refractivity contribution >= 4 is 55.8 Å². The Morgan fingerprint density at radius 1 is 1.36 bits per heavy atom. The van der Waals surface area contributed by atoms with Crippen LogP contribution in [-0.4, -0.2) is 40.7 Å². The van der Waals surface area contributed by atoms with E-state index in [-0.39, 0.29) is 30.1 Å². The van der Waals surface area contributed by atoms with Crippen LogP contribution in [0.2, 0.25) is 0 Å². The summed E-state index contributed by atoms with van der Waals surface area (Å²) in [6.45, 7) is 2.91. The second kappa shape index (κ2) is 7.63. The van der Waals surface area contributed by atoms with Crippen LogP contribution in [0.15, 0.2) is 28.7 Å². The SMILES string of the molecule is CC(=O)Nc1nc2c(s1)CN(C(=O)C1CC(=O)N(c3cccc(Br)c3)C1)CC2. The van der Waals surface area contributed by atoms with Crippen LogP contribution in [0, 0.1) is 5.92 Å². The van der Waals surface area contributed by atoms with Crippen LogP contribution in [0.3, 0.4) is 0 Å². The lowest BCUT2D eigenvalue weighted by atomic mass is 10.1. The maximum atomic E-state index is 13.0. The number of fused-ring (bicyclic) bond motifs is 1. The van der Waals surface area contributed by atoms with E-state index < -0.39 is 0 Å². The third-order valence-electron chi connectivity index (χ3n) is 4.92. The van der Waals surface area contributed by atoms with Gasteiger partial charge in [-0.3, -0.25) is 14.4 Å². The first kappa shape index (κ1) is 19.1. The standard InChI is InChI=1S/C19H19BrN4O3S/c1-11(25)21-19-22-15-5-6-23(10-16(15)28-19)18(27)12-7-17(26)24(9-12)14-4-2-3-13(20)8-14/h2-4,8,12H,5-7,9-10H2,1H3,(H,21,22,25). The molecule has 0 radical (unpaired) electrons. The molecule has 0 saturated carbocycles. The zero-order valence-corrected chi connectivity index (χ0v) is 17.7. The molecule has 7 nitrogen and oxygen atoms in total. The molecule has 2 aliphatic rings. The number of thiazole rings is 1. The number of halogens is 1. The molecule has 0 bridgehead atoms. The molecule has 3 amide bonds. The van der Waals surface area contributed by atoms with Gasteiger partial charge in [-0.05, 0) is 18.2 Å². The van der Waals surface area contributed by atoms with Crippen LogP contribution in [-0.2, 0) is 27.3 Å². The summed E-state index contributed by atoms with van der Waals surface area (Å²) >= 11 is 4.83. The molecule has 2 aromatic rings. The Labute approximate surface area is 174 Å². The lowest BCUT2D eigenvalue weighted by Gasteiger charge is -2.28. The van der Waals surface area contributed by atoms with Crippen molar-refractivity contribution in [3.8, 4) is 0 Å². The molecule has 1 unspecified atom stereocenters. The van der Waals surface area contributed by atoms with E-state index in [4.69, 9.17) is 0 Å². The Morgan fingerprint density at radius 2 is 2.18 bits per heavy atom. The highest BCUT2D eigenvalue weighted by Crippen LogP contribution is 2.32. The molecule has 1 aromatic heterocycles. The summed E-state index contributed by atoms with van der Waals surface area (Å²) in [5.41, 5.74) is 1.74. The molecule has 1 saturated heterocycles. The molecule has 1 atom stereocenters. The number of rotatable bonds is 3. The normalized spacial score (nSPS) is 18.9. The molecule has 146 valence electrons. The van der Waals surface area contributed by atoms with Gasteiger partial charge in [0.25, 0.3) is 0 Å². The van der Waals surface area contributed by atoms with Crippen LogP contribution in [0.5, 0.6) is 0 Å². The second-order valence-corrected chi connectivity index (χ2v) is 8.96. The second-order valence-electron chi connectivity index (χ2n) is 6.97. The third-order valence-corrected chi connectivity index (χ3v) is 6.41. The van der Waals surface area contributed by atoms with Gasteiger partial charge >= 0.3 is 0 Å². The van der Waals surface area contributed by atoms with Gasteiger partial charge in [0.2, 0.25) is 17.7 Å². The van der Waals surface area contributed by atoms with Gasteiger partial charge in [0, 0.05) is 47.9 Å². The van der Waals surface area contributed by atoms with Crippen molar-refractivity contribution in [1.82, 2.24) is 9.88 Å². The quantitative estimate of drug-likeness (QED) is 0.759. The van der Waals surface area contributed by atoms with Crippen LogP contribution in [0.4, 0.5) is 10.8 Å². The lowest BCUT2D eigenvalue weighted by Crippen LogP contribution is -2.40. The fourth-order valence-electron chi connectivity index (χ4n) is 3.61. The first-order chi connectivity index (χ1) is 13.4. The molecule has 28 heavy (non-hydrogen) atoms. The molecular weight excluding hydrogens is 444 g/mol. The van der Waals surface area contributed by atoms with Crippen molar-refractivity contribution in [1.29, 1.82) is 0 Å². The number of amides is 3. The Morgan fingerprint density at radius 3 is 2.93 bits per heavy atom. The van der Waals surface area contributed by atoms with Crippen molar-refractivity contribution in [2.75, 3.05) is 23.3 Å². The summed E-state index contributed by atoms with van der Waals surface area (Å²) in [5, 5.41) is 3.28. The lowest BCUT2D eigenvalue weighted by molar-refractivity contribution is -0.136. The predicted molar refractivity (Wildman–Crippen MR) is 110 cm³/mol. The molecule has 1 aromatic carbocycles. The van der Waals surface area contributed by atoms with E-state index in [1.54, 1.807) is 9.80 Å². The topological polar surface area (TPSA) is 82.6 Å². The zero-order valence-electron chi connectivity index (χ0n) is 15.3. The van der Waals surface area contributed by atoms with Gasteiger partial charge in [-0.1, -0.05) is 33.3 Å². The summed E-state index contributed by atoms with van der Waals surface area (Å²) in [5.74, 6) is -0.516. The smallest absolute Gasteiger partial charge is 0.228 e. The molecule has 1 fully saturated rings. The Bertz CT molecular complexity index is 960. The Kier molecular flexibility index (Phi) is 5.20. The molecular formula is C19H19BrN4O3S. The van der Waals surface area contributed by atoms with Gasteiger partial charge in [0.05, 0.1) is 18.2 Å². The number of nitrogens with one attached hydrogen (secondary N) is 1. The first-order valence-corrected chi connectivity index (χ1v) is 10.6. The van der Waals surface area contributed by atoms with Crippen LogP contribution in [0.25, 0.3) is 0 Å². The van der Waals surface area contributed by atoms with E-state index in [9.17, 15) is 14.4 Å². The number of benzene rings is 1. The summed E-state index contributed by atoms with van der Waals surface area (Å²) < 4.78 is 0.899.